The van der Waals surface area contributed by atoms with Gasteiger partial charge in [-0.3, -0.25) is 0 Å². The van der Waals surface area contributed by atoms with Crippen LogP contribution in [0.15, 0.2) is 30.6 Å². The van der Waals surface area contributed by atoms with Gasteiger partial charge in [0.1, 0.15) is 0 Å². The van der Waals surface area contributed by atoms with E-state index in [-0.39, 0.29) is 5.70 Å². The maximum Gasteiger partial charge on any atom is 0.251 e. The molecule has 0 fully saturated rings. The topological polar surface area (TPSA) is 54.9 Å². The van der Waals surface area contributed by atoms with E-state index in [9.17, 15) is 0 Å². The van der Waals surface area contributed by atoms with E-state index in [1.54, 1.807) is 10.9 Å². The average Bonchev–Trinajstić information content (AvgIpc) is 2.70. The van der Waals surface area contributed by atoms with Crippen molar-refractivity contribution < 1.29 is 4.57 Å². The fourth-order valence-electron chi connectivity index (χ4n) is 1.74. The summed E-state index contributed by atoms with van der Waals surface area (Å²) < 4.78 is 3.63. The van der Waals surface area contributed by atoms with Gasteiger partial charge in [-0.2, -0.15) is 9.83 Å². The van der Waals surface area contributed by atoms with Crippen LogP contribution in [0.2, 0.25) is 0 Å². The van der Waals surface area contributed by atoms with Crippen LogP contribution in [0.1, 0.15) is 6.92 Å². The van der Waals surface area contributed by atoms with Crippen LogP contribution in [0.5, 0.6) is 0 Å². The highest BCUT2D eigenvalue weighted by Crippen LogP contribution is 2.13. The van der Waals surface area contributed by atoms with Gasteiger partial charge in [-0.05, 0) is 19.1 Å². The number of allylic oxidation sites excluding steroid dienone is 1. The fourth-order valence-corrected chi connectivity index (χ4v) is 1.74. The van der Waals surface area contributed by atoms with Gasteiger partial charge >= 0.3 is 0 Å². The summed E-state index contributed by atoms with van der Waals surface area (Å²) in [6, 6.07) is 9.61. The number of nitrogens with zero attached hydrogens (tertiary/aromatic N) is 4. The Labute approximate surface area is 93.2 Å². The first-order chi connectivity index (χ1) is 7.81. The van der Waals surface area contributed by atoms with Gasteiger partial charge in [0.15, 0.2) is 17.1 Å². The molecule has 0 aliphatic heterocycles. The van der Waals surface area contributed by atoms with Gasteiger partial charge in [0, 0.05) is 0 Å². The van der Waals surface area contributed by atoms with Crippen molar-refractivity contribution in [3.05, 3.63) is 36.0 Å². The Morgan fingerprint density at radius 1 is 1.50 bits per heavy atom. The van der Waals surface area contributed by atoms with E-state index >= 15 is 0 Å². The molecule has 0 atom stereocenters. The molecule has 1 aromatic carbocycles. The molecule has 1 aromatic heterocycles. The second kappa shape index (κ2) is 4.01. The van der Waals surface area contributed by atoms with E-state index in [0.29, 0.717) is 0 Å². The lowest BCUT2D eigenvalue weighted by Gasteiger charge is -1.91. The molecular weight excluding hydrogens is 200 g/mol. The molecule has 0 bridgehead atoms. The van der Waals surface area contributed by atoms with Crippen LogP contribution >= 0.6 is 0 Å². The number of rotatable bonds is 2. The van der Waals surface area contributed by atoms with Gasteiger partial charge in [-0.1, -0.05) is 12.1 Å². The molecule has 4 heteroatoms. The van der Waals surface area contributed by atoms with Crippen molar-refractivity contribution in [1.29, 1.82) is 5.26 Å². The molecule has 0 spiro atoms. The van der Waals surface area contributed by atoms with Crippen molar-refractivity contribution in [3.63, 3.8) is 0 Å². The molecule has 0 unspecified atom stereocenters. The summed E-state index contributed by atoms with van der Waals surface area (Å²) in [5.74, 6) is 1.90. The second-order valence-corrected chi connectivity index (χ2v) is 3.33. The van der Waals surface area contributed by atoms with E-state index in [0.717, 1.165) is 17.6 Å². The Morgan fingerprint density at radius 2 is 2.25 bits per heavy atom. The SMILES string of the molecule is CC[n+]1cn(C(=C=[N-])C#N)c2ccccc21. The van der Waals surface area contributed by atoms with Crippen LogP contribution in [-0.2, 0) is 6.54 Å². The van der Waals surface area contributed by atoms with Gasteiger partial charge < -0.3 is 5.41 Å². The summed E-state index contributed by atoms with van der Waals surface area (Å²) in [7, 11) is 0. The second-order valence-electron chi connectivity index (χ2n) is 3.33. The van der Waals surface area contributed by atoms with Crippen LogP contribution in [-0.4, -0.2) is 10.4 Å². The minimum absolute atomic E-state index is 0.0865. The van der Waals surface area contributed by atoms with Crippen LogP contribution in [0.25, 0.3) is 22.1 Å². The Hall–Kier alpha value is -2.37. The molecule has 1 heterocycles. The van der Waals surface area contributed by atoms with Crippen LogP contribution in [0.4, 0.5) is 0 Å². The maximum absolute atomic E-state index is 8.88. The number of aryl methyl sites for hydroxylation is 1. The lowest BCUT2D eigenvalue weighted by atomic mass is 10.3. The summed E-state index contributed by atoms with van der Waals surface area (Å²) in [6.45, 7) is 2.83. The molecule has 2 aromatic rings. The number of para-hydroxylation sites is 2. The minimum atomic E-state index is 0.0865. The van der Waals surface area contributed by atoms with Crippen LogP contribution in [0.3, 0.4) is 0 Å². The summed E-state index contributed by atoms with van der Waals surface area (Å²) in [5, 5.41) is 17.8. The van der Waals surface area contributed by atoms with E-state index in [1.807, 2.05) is 47.7 Å². The number of imidazole rings is 1. The third-order valence-electron chi connectivity index (χ3n) is 2.50. The van der Waals surface area contributed by atoms with E-state index in [1.165, 1.54) is 0 Å². The predicted octanol–water partition coefficient (Wildman–Crippen LogP) is 1.55. The highest BCUT2D eigenvalue weighted by atomic mass is 15.1. The van der Waals surface area contributed by atoms with Crippen molar-refractivity contribution >= 4 is 22.6 Å². The number of benzene rings is 1. The van der Waals surface area contributed by atoms with Gasteiger partial charge in [0.2, 0.25) is 5.70 Å². The summed E-state index contributed by atoms with van der Waals surface area (Å²) in [6.07, 6.45) is 1.78. The molecule has 0 aliphatic carbocycles. The zero-order valence-corrected chi connectivity index (χ0v) is 8.88. The molecule has 4 nitrogen and oxygen atoms in total. The monoisotopic (exact) mass is 210 g/mol. The fraction of sp³-hybridized carbons (Fsp3) is 0.167. The Morgan fingerprint density at radius 3 is 2.88 bits per heavy atom. The maximum atomic E-state index is 8.88. The standard InChI is InChI=1S/C12H10N4/c1-2-15-9-16(10(7-13)8-14)12-6-4-3-5-11(12)15/h3-6,9H,2H2,1H3. The first-order valence-electron chi connectivity index (χ1n) is 4.99. The molecule has 0 aliphatic rings. The minimum Gasteiger partial charge on any atom is -0.759 e. The van der Waals surface area contributed by atoms with Gasteiger partial charge in [-0.25, -0.2) is 10.4 Å². The van der Waals surface area contributed by atoms with Gasteiger partial charge in [0.25, 0.3) is 6.33 Å². The molecule has 0 saturated heterocycles. The molecule has 0 radical (unpaired) electrons. The predicted molar refractivity (Wildman–Crippen MR) is 61.5 cm³/mol. The third kappa shape index (κ3) is 1.40. The smallest absolute Gasteiger partial charge is 0.251 e. The molecule has 0 N–H and O–H groups in total. The van der Waals surface area contributed by atoms with Crippen molar-refractivity contribution in [2.75, 3.05) is 0 Å². The first kappa shape index (κ1) is 10.2. The van der Waals surface area contributed by atoms with Crippen LogP contribution < -0.4 is 4.57 Å². The van der Waals surface area contributed by atoms with Crippen LogP contribution in [0, 0.1) is 11.3 Å². The van der Waals surface area contributed by atoms with E-state index in [2.05, 4.69) is 0 Å². The molecule has 16 heavy (non-hydrogen) atoms. The summed E-state index contributed by atoms with van der Waals surface area (Å²) in [4.78, 5) is 0. The van der Waals surface area contributed by atoms with E-state index in [4.69, 9.17) is 10.7 Å². The summed E-state index contributed by atoms with van der Waals surface area (Å²) in [5.41, 5.74) is 1.99. The number of aromatic nitrogens is 2. The normalized spacial score (nSPS) is 9.75. The van der Waals surface area contributed by atoms with Gasteiger partial charge in [0.05, 0.1) is 6.54 Å². The average molecular weight is 210 g/mol. The zero-order valence-electron chi connectivity index (χ0n) is 8.88. The van der Waals surface area contributed by atoms with Crippen molar-refractivity contribution in [2.24, 2.45) is 0 Å². The number of hydrogen-bond donors (Lipinski definition) is 0. The zero-order chi connectivity index (χ0) is 11.5. The quantitative estimate of drug-likeness (QED) is 0.421. The number of fused-ring (bicyclic) bond motifs is 1. The third-order valence-corrected chi connectivity index (χ3v) is 2.50. The first-order valence-corrected chi connectivity index (χ1v) is 4.99. The van der Waals surface area contributed by atoms with Crippen molar-refractivity contribution in [1.82, 2.24) is 4.57 Å². The highest BCUT2D eigenvalue weighted by molar-refractivity contribution is 5.93. The molecule has 0 amide bonds. The molecule has 0 saturated carbocycles. The Balaban J connectivity index is 2.82. The highest BCUT2D eigenvalue weighted by Gasteiger charge is 2.16. The Bertz CT molecular complexity index is 624. The molecule has 78 valence electrons. The summed E-state index contributed by atoms with van der Waals surface area (Å²) >= 11 is 0. The van der Waals surface area contributed by atoms with Crippen molar-refractivity contribution in [3.8, 4) is 6.07 Å². The Kier molecular flexibility index (Phi) is 2.55. The molecule has 2 rings (SSSR count). The lowest BCUT2D eigenvalue weighted by molar-refractivity contribution is -0.668. The number of hydrogen-bond acceptors (Lipinski definition) is 1. The van der Waals surface area contributed by atoms with Gasteiger partial charge in [-0.15, -0.1) is 0 Å². The van der Waals surface area contributed by atoms with E-state index < -0.39 is 0 Å². The number of nitriles is 1. The van der Waals surface area contributed by atoms with Crippen molar-refractivity contribution in [2.45, 2.75) is 13.5 Å². The largest absolute Gasteiger partial charge is 0.759 e. The molecular formula is C12H10N4. The lowest BCUT2D eigenvalue weighted by Crippen LogP contribution is -2.30.